The van der Waals surface area contributed by atoms with Crippen molar-refractivity contribution in [3.8, 4) is 0 Å². The lowest BCUT2D eigenvalue weighted by atomic mass is 10.4. The van der Waals surface area contributed by atoms with Crippen LogP contribution in [0.2, 0.25) is 0 Å². The van der Waals surface area contributed by atoms with E-state index in [-0.39, 0.29) is 6.04 Å². The van der Waals surface area contributed by atoms with E-state index in [1.807, 2.05) is 41.5 Å². The smallest absolute Gasteiger partial charge is 0.136 e. The third kappa shape index (κ3) is 49.0. The van der Waals surface area contributed by atoms with Gasteiger partial charge in [-0.25, -0.2) is 0 Å². The van der Waals surface area contributed by atoms with E-state index in [4.69, 9.17) is 0 Å². The maximum Gasteiger partial charge on any atom is 0.136 e. The third-order valence-electron chi connectivity index (χ3n) is 1.20. The number of hydrogen-bond donors (Lipinski definition) is 1. The summed E-state index contributed by atoms with van der Waals surface area (Å²) in [5.74, 6) is 0. The number of methoxy groups -OCH3 is 1. The molecule has 0 fully saturated rings. The lowest BCUT2D eigenvalue weighted by molar-refractivity contribution is -0.108. The Bertz CT molecular complexity index is 101. The van der Waals surface area contributed by atoms with E-state index in [1.165, 1.54) is 12.6 Å². The van der Waals surface area contributed by atoms with Crippen LogP contribution in [0.25, 0.3) is 0 Å². The second-order valence-corrected chi connectivity index (χ2v) is 3.72. The van der Waals surface area contributed by atoms with Gasteiger partial charge in [0.25, 0.3) is 0 Å². The van der Waals surface area contributed by atoms with E-state index in [1.54, 1.807) is 7.11 Å². The molecule has 2 atom stereocenters. The molecule has 17 heavy (non-hydrogen) atoms. The van der Waals surface area contributed by atoms with Gasteiger partial charge in [-0.3, -0.25) is 5.09 Å². The van der Waals surface area contributed by atoms with Crippen LogP contribution in [-0.2, 0) is 9.53 Å². The van der Waals surface area contributed by atoms with Crippen molar-refractivity contribution in [1.29, 1.82) is 0 Å². The second-order valence-electron chi connectivity index (χ2n) is 2.57. The molecule has 0 saturated heterocycles. The van der Waals surface area contributed by atoms with Crippen molar-refractivity contribution in [2.24, 2.45) is 0 Å². The van der Waals surface area contributed by atoms with Gasteiger partial charge in [0.2, 0.25) is 0 Å². The normalized spacial score (nSPS) is 10.1. The summed E-state index contributed by atoms with van der Waals surface area (Å²) in [6.07, 6.45) is 3.30. The molecule has 0 aliphatic heterocycles. The first-order chi connectivity index (χ1) is 8.22. The molecule has 0 aromatic rings. The van der Waals surface area contributed by atoms with Gasteiger partial charge in [-0.1, -0.05) is 49.8 Å². The van der Waals surface area contributed by atoms with E-state index in [2.05, 4.69) is 16.7 Å². The highest BCUT2D eigenvalue weighted by Crippen LogP contribution is 2.04. The quantitative estimate of drug-likeness (QED) is 0.451. The summed E-state index contributed by atoms with van der Waals surface area (Å²) in [6, 6.07) is 0.0369. The first kappa shape index (κ1) is 25.8. The Morgan fingerprint density at radius 1 is 1.24 bits per heavy atom. The molecule has 0 aliphatic rings. The Hall–Kier alpha value is 0.0200. The molecule has 0 saturated carbocycles. The van der Waals surface area contributed by atoms with Crippen molar-refractivity contribution in [3.05, 3.63) is 0 Å². The van der Waals surface area contributed by atoms with Gasteiger partial charge in [0.15, 0.2) is 0 Å². The molecule has 0 amide bonds. The van der Waals surface area contributed by atoms with Crippen LogP contribution in [-0.4, -0.2) is 32.2 Å². The Morgan fingerprint density at radius 3 is 1.88 bits per heavy atom. The van der Waals surface area contributed by atoms with Gasteiger partial charge in [-0.2, -0.15) is 0 Å². The zero-order chi connectivity index (χ0) is 14.5. The summed E-state index contributed by atoms with van der Waals surface area (Å²) in [5, 5.41) is 3.09. The Morgan fingerprint density at radius 2 is 1.65 bits per heavy atom. The second kappa shape index (κ2) is 36.0. The average molecular weight is 267 g/mol. The molecule has 0 rings (SSSR count). The van der Waals surface area contributed by atoms with Crippen LogP contribution in [0.15, 0.2) is 0 Å². The standard InChI is InChI=1S/C6H14NOP.C3H8O.2C2H6/c1-3-4-9-7-6(2)5-8;1-3-4-2;2*1-2/h5-7,9H,3-4H2,1-2H3;3H2,1-2H3;2*1-2H3. The summed E-state index contributed by atoms with van der Waals surface area (Å²) in [4.78, 5) is 10.0. The lowest BCUT2D eigenvalue weighted by Gasteiger charge is -2.04. The number of ether oxygens (including phenoxy) is 1. The summed E-state index contributed by atoms with van der Waals surface area (Å²) in [7, 11) is 2.42. The van der Waals surface area contributed by atoms with E-state index >= 15 is 0 Å². The summed E-state index contributed by atoms with van der Waals surface area (Å²) in [5.41, 5.74) is 0. The molecule has 0 heterocycles. The number of aldehydes is 1. The molecular formula is C13H34NO2P. The van der Waals surface area contributed by atoms with Gasteiger partial charge in [0.1, 0.15) is 6.29 Å². The molecule has 0 aliphatic carbocycles. The first-order valence-corrected chi connectivity index (χ1v) is 7.86. The van der Waals surface area contributed by atoms with Crippen LogP contribution >= 0.6 is 8.73 Å². The highest BCUT2D eigenvalue weighted by molar-refractivity contribution is 7.35. The topological polar surface area (TPSA) is 38.3 Å². The minimum atomic E-state index is 0.0369. The van der Waals surface area contributed by atoms with Crippen LogP contribution < -0.4 is 5.09 Å². The largest absolute Gasteiger partial charge is 0.385 e. The molecule has 0 aromatic carbocycles. The van der Waals surface area contributed by atoms with Crippen LogP contribution in [0.1, 0.15) is 54.9 Å². The minimum Gasteiger partial charge on any atom is -0.385 e. The molecule has 0 bridgehead atoms. The number of hydrogen-bond acceptors (Lipinski definition) is 3. The zero-order valence-electron chi connectivity index (χ0n) is 13.1. The molecule has 0 radical (unpaired) electrons. The van der Waals surface area contributed by atoms with Crippen LogP contribution in [0.4, 0.5) is 0 Å². The van der Waals surface area contributed by atoms with Crippen molar-refractivity contribution >= 4 is 15.0 Å². The number of carbonyl (C=O) groups excluding carboxylic acids is 1. The average Bonchev–Trinajstić information content (AvgIpc) is 2.43. The molecule has 3 nitrogen and oxygen atoms in total. The number of nitrogens with one attached hydrogen (secondary N) is 1. The van der Waals surface area contributed by atoms with Crippen LogP contribution in [0.5, 0.6) is 0 Å². The molecule has 108 valence electrons. The van der Waals surface area contributed by atoms with E-state index in [9.17, 15) is 4.79 Å². The first-order valence-electron chi connectivity index (χ1n) is 6.65. The van der Waals surface area contributed by atoms with Crippen LogP contribution in [0, 0.1) is 0 Å². The zero-order valence-corrected chi connectivity index (χ0v) is 14.1. The molecule has 0 spiro atoms. The maximum atomic E-state index is 10.0. The highest BCUT2D eigenvalue weighted by atomic mass is 31.1. The fourth-order valence-corrected chi connectivity index (χ4v) is 1.18. The minimum absolute atomic E-state index is 0.0369. The third-order valence-corrected chi connectivity index (χ3v) is 2.61. The van der Waals surface area contributed by atoms with Crippen molar-refractivity contribution in [2.75, 3.05) is 19.9 Å². The van der Waals surface area contributed by atoms with Crippen molar-refractivity contribution in [2.45, 2.75) is 60.9 Å². The van der Waals surface area contributed by atoms with Crippen molar-refractivity contribution in [3.63, 3.8) is 0 Å². The van der Waals surface area contributed by atoms with E-state index in [0.29, 0.717) is 0 Å². The molecule has 4 heteroatoms. The SMILES string of the molecule is CC.CC.CCCPNC(C)C=O.CCOC. The summed E-state index contributed by atoms with van der Waals surface area (Å²) >= 11 is 0. The summed E-state index contributed by atoms with van der Waals surface area (Å²) < 4.78 is 4.54. The number of carbonyl (C=O) groups is 1. The Kier molecular flexibility index (Phi) is 54.6. The molecule has 0 aromatic heterocycles. The van der Waals surface area contributed by atoms with E-state index < -0.39 is 0 Å². The van der Waals surface area contributed by atoms with Crippen molar-refractivity contribution in [1.82, 2.24) is 5.09 Å². The van der Waals surface area contributed by atoms with E-state index in [0.717, 1.165) is 21.6 Å². The van der Waals surface area contributed by atoms with Gasteiger partial charge in [-0.05, 0) is 20.0 Å². The molecule has 1 N–H and O–H groups in total. The van der Waals surface area contributed by atoms with Gasteiger partial charge in [0, 0.05) is 13.7 Å². The van der Waals surface area contributed by atoms with Crippen molar-refractivity contribution < 1.29 is 9.53 Å². The fourth-order valence-electron chi connectivity index (χ4n) is 0.392. The monoisotopic (exact) mass is 267 g/mol. The lowest BCUT2D eigenvalue weighted by Crippen LogP contribution is -2.18. The predicted molar refractivity (Wildman–Crippen MR) is 82.4 cm³/mol. The highest BCUT2D eigenvalue weighted by Gasteiger charge is 1.93. The Labute approximate surface area is 111 Å². The Balaban J connectivity index is -0.0000000887. The van der Waals surface area contributed by atoms with Gasteiger partial charge < -0.3 is 9.53 Å². The van der Waals surface area contributed by atoms with Gasteiger partial charge in [-0.15, -0.1) is 0 Å². The maximum absolute atomic E-state index is 10.0. The van der Waals surface area contributed by atoms with Crippen LogP contribution in [0.3, 0.4) is 0 Å². The fraction of sp³-hybridized carbons (Fsp3) is 0.923. The number of rotatable bonds is 6. The van der Waals surface area contributed by atoms with Gasteiger partial charge in [0.05, 0.1) is 6.04 Å². The van der Waals surface area contributed by atoms with Gasteiger partial charge >= 0.3 is 0 Å². The molecule has 2 unspecified atom stereocenters. The predicted octanol–water partition coefficient (Wildman–Crippen LogP) is 3.87. The molecular weight excluding hydrogens is 233 g/mol. The summed E-state index contributed by atoms with van der Waals surface area (Å²) in [6.45, 7) is 14.8.